The standard InChI is InChI=1S/C13H14O3S/c1-8-9(2)11-6-4-5-7-12(11)13(10(8)3)17(14,15)16/h4-8H,2H2,1,3H3,(H,14,15,16). The van der Waals surface area contributed by atoms with Gasteiger partial charge in [-0.25, -0.2) is 0 Å². The summed E-state index contributed by atoms with van der Waals surface area (Å²) >= 11 is 0. The van der Waals surface area contributed by atoms with Gasteiger partial charge >= 0.3 is 0 Å². The number of hydrogen-bond acceptors (Lipinski definition) is 2. The third-order valence-corrected chi connectivity index (χ3v) is 4.36. The highest BCUT2D eigenvalue weighted by Crippen LogP contribution is 2.42. The lowest BCUT2D eigenvalue weighted by atomic mass is 9.81. The maximum absolute atomic E-state index is 11.5. The summed E-state index contributed by atoms with van der Waals surface area (Å²) < 4.78 is 32.3. The second-order valence-electron chi connectivity index (χ2n) is 4.28. The molecule has 0 fully saturated rings. The van der Waals surface area contributed by atoms with Crippen LogP contribution < -0.4 is 0 Å². The smallest absolute Gasteiger partial charge is 0.282 e. The maximum atomic E-state index is 11.5. The van der Waals surface area contributed by atoms with E-state index in [0.29, 0.717) is 11.1 Å². The highest BCUT2D eigenvalue weighted by molar-refractivity contribution is 7.95. The first-order valence-corrected chi connectivity index (χ1v) is 6.75. The van der Waals surface area contributed by atoms with E-state index in [2.05, 4.69) is 6.58 Å². The summed E-state index contributed by atoms with van der Waals surface area (Å²) in [5, 5.41) is 0. The van der Waals surface area contributed by atoms with Crippen LogP contribution in [0.25, 0.3) is 10.5 Å². The normalized spacial score (nSPS) is 20.4. The van der Waals surface area contributed by atoms with Crippen LogP contribution in [0.4, 0.5) is 0 Å². The number of hydrogen-bond donors (Lipinski definition) is 1. The topological polar surface area (TPSA) is 54.4 Å². The van der Waals surface area contributed by atoms with Gasteiger partial charge in [0.05, 0.1) is 0 Å². The number of rotatable bonds is 1. The molecule has 0 bridgehead atoms. The fourth-order valence-electron chi connectivity index (χ4n) is 2.21. The molecule has 2 rings (SSSR count). The van der Waals surface area contributed by atoms with Gasteiger partial charge in [-0.3, -0.25) is 4.55 Å². The molecule has 3 nitrogen and oxygen atoms in total. The number of benzene rings is 1. The molecule has 1 aliphatic rings. The van der Waals surface area contributed by atoms with Gasteiger partial charge in [-0.1, -0.05) is 37.8 Å². The SMILES string of the molecule is C=C1c2ccccc2C(S(=O)(=O)O)=C(C)C1C. The van der Waals surface area contributed by atoms with Gasteiger partial charge in [-0.15, -0.1) is 0 Å². The molecule has 17 heavy (non-hydrogen) atoms. The van der Waals surface area contributed by atoms with E-state index in [9.17, 15) is 13.0 Å². The Morgan fingerprint density at radius 1 is 1.24 bits per heavy atom. The summed E-state index contributed by atoms with van der Waals surface area (Å²) in [5.41, 5.74) is 2.84. The van der Waals surface area contributed by atoms with Crippen molar-refractivity contribution >= 4 is 20.6 Å². The zero-order chi connectivity index (χ0) is 12.8. The second-order valence-corrected chi connectivity index (χ2v) is 5.64. The third kappa shape index (κ3) is 1.83. The lowest BCUT2D eigenvalue weighted by Gasteiger charge is -2.27. The van der Waals surface area contributed by atoms with E-state index in [1.165, 1.54) is 0 Å². The minimum Gasteiger partial charge on any atom is -0.282 e. The Bertz CT molecular complexity index is 624. The summed E-state index contributed by atoms with van der Waals surface area (Å²) in [4.78, 5) is 0.0213. The Morgan fingerprint density at radius 2 is 1.76 bits per heavy atom. The largest absolute Gasteiger partial charge is 0.295 e. The lowest BCUT2D eigenvalue weighted by Crippen LogP contribution is -2.15. The highest BCUT2D eigenvalue weighted by atomic mass is 32.2. The molecule has 0 heterocycles. The zero-order valence-corrected chi connectivity index (χ0v) is 10.6. The molecule has 0 spiro atoms. The minimum absolute atomic E-state index is 0.0213. The third-order valence-electron chi connectivity index (χ3n) is 3.31. The molecule has 1 aliphatic carbocycles. The molecule has 1 atom stereocenters. The van der Waals surface area contributed by atoms with Crippen molar-refractivity contribution in [3.05, 3.63) is 47.5 Å². The van der Waals surface area contributed by atoms with Crippen LogP contribution in [0.5, 0.6) is 0 Å². The zero-order valence-electron chi connectivity index (χ0n) is 9.77. The van der Waals surface area contributed by atoms with Crippen LogP contribution in [-0.2, 0) is 10.1 Å². The molecule has 0 aliphatic heterocycles. The van der Waals surface area contributed by atoms with Crippen molar-refractivity contribution in [3.8, 4) is 0 Å². The maximum Gasteiger partial charge on any atom is 0.295 e. The fourth-order valence-corrected chi connectivity index (χ4v) is 3.25. The number of allylic oxidation sites excluding steroid dienone is 2. The molecule has 0 saturated carbocycles. The lowest BCUT2D eigenvalue weighted by molar-refractivity contribution is 0.495. The number of fused-ring (bicyclic) bond motifs is 1. The fraction of sp³-hybridized carbons (Fsp3) is 0.231. The van der Waals surface area contributed by atoms with Gasteiger partial charge in [0.15, 0.2) is 0 Å². The van der Waals surface area contributed by atoms with Crippen LogP contribution in [0.2, 0.25) is 0 Å². The monoisotopic (exact) mass is 250 g/mol. The van der Waals surface area contributed by atoms with E-state index < -0.39 is 10.1 Å². The van der Waals surface area contributed by atoms with Crippen molar-refractivity contribution in [2.24, 2.45) is 5.92 Å². The highest BCUT2D eigenvalue weighted by Gasteiger charge is 2.30. The summed E-state index contributed by atoms with van der Waals surface area (Å²) in [7, 11) is -4.21. The molecular formula is C13H14O3S. The van der Waals surface area contributed by atoms with Gasteiger partial charge in [-0.2, -0.15) is 8.42 Å². The first-order valence-electron chi connectivity index (χ1n) is 5.31. The molecule has 4 heteroatoms. The van der Waals surface area contributed by atoms with Gasteiger partial charge in [0, 0.05) is 11.5 Å². The van der Waals surface area contributed by atoms with Crippen LogP contribution in [-0.4, -0.2) is 13.0 Å². The molecule has 1 aromatic rings. The molecule has 1 N–H and O–H groups in total. The molecule has 0 aromatic heterocycles. The summed E-state index contributed by atoms with van der Waals surface area (Å²) in [6.45, 7) is 7.60. The van der Waals surface area contributed by atoms with Crippen molar-refractivity contribution in [2.75, 3.05) is 0 Å². The molecule has 1 aromatic carbocycles. The predicted octanol–water partition coefficient (Wildman–Crippen LogP) is 2.97. The van der Waals surface area contributed by atoms with Crippen LogP contribution in [0.3, 0.4) is 0 Å². The van der Waals surface area contributed by atoms with Crippen molar-refractivity contribution < 1.29 is 13.0 Å². The average molecular weight is 250 g/mol. The Morgan fingerprint density at radius 3 is 2.29 bits per heavy atom. The Labute approximate surface area is 101 Å². The van der Waals surface area contributed by atoms with Crippen LogP contribution in [0, 0.1) is 5.92 Å². The minimum atomic E-state index is -4.21. The van der Waals surface area contributed by atoms with Crippen LogP contribution in [0.1, 0.15) is 25.0 Å². The second kappa shape index (κ2) is 3.82. The van der Waals surface area contributed by atoms with E-state index >= 15 is 0 Å². The van der Waals surface area contributed by atoms with Gasteiger partial charge in [-0.05, 0) is 23.6 Å². The van der Waals surface area contributed by atoms with Gasteiger partial charge in [0.2, 0.25) is 0 Å². The van der Waals surface area contributed by atoms with Gasteiger partial charge in [0.1, 0.15) is 4.91 Å². The summed E-state index contributed by atoms with van der Waals surface area (Å²) in [6, 6.07) is 7.10. The predicted molar refractivity (Wildman–Crippen MR) is 68.8 cm³/mol. The first-order chi connectivity index (χ1) is 7.84. The van der Waals surface area contributed by atoms with Crippen molar-refractivity contribution in [1.82, 2.24) is 0 Å². The van der Waals surface area contributed by atoms with Crippen molar-refractivity contribution in [2.45, 2.75) is 13.8 Å². The Kier molecular flexibility index (Phi) is 2.72. The first kappa shape index (κ1) is 12.1. The molecule has 0 amide bonds. The van der Waals surface area contributed by atoms with Crippen molar-refractivity contribution in [3.63, 3.8) is 0 Å². The van der Waals surface area contributed by atoms with E-state index in [-0.39, 0.29) is 10.8 Å². The molecule has 0 radical (unpaired) electrons. The summed E-state index contributed by atoms with van der Waals surface area (Å²) in [6.07, 6.45) is 0. The van der Waals surface area contributed by atoms with Crippen LogP contribution >= 0.6 is 0 Å². The summed E-state index contributed by atoms with van der Waals surface area (Å²) in [5.74, 6) is -0.0816. The molecule has 0 saturated heterocycles. The molecule has 1 unspecified atom stereocenters. The molecule has 90 valence electrons. The van der Waals surface area contributed by atoms with E-state index in [1.54, 1.807) is 19.1 Å². The van der Waals surface area contributed by atoms with Gasteiger partial charge in [0.25, 0.3) is 10.1 Å². The van der Waals surface area contributed by atoms with E-state index in [0.717, 1.165) is 11.1 Å². The van der Waals surface area contributed by atoms with E-state index in [1.807, 2.05) is 19.1 Å². The van der Waals surface area contributed by atoms with Crippen LogP contribution in [0.15, 0.2) is 36.4 Å². The van der Waals surface area contributed by atoms with E-state index in [4.69, 9.17) is 0 Å². The Hall–Kier alpha value is -1.39. The van der Waals surface area contributed by atoms with Gasteiger partial charge < -0.3 is 0 Å². The quantitative estimate of drug-likeness (QED) is 0.780. The van der Waals surface area contributed by atoms with Crippen molar-refractivity contribution in [1.29, 1.82) is 0 Å². The molecular weight excluding hydrogens is 236 g/mol. The Balaban J connectivity index is 2.85. The average Bonchev–Trinajstić information content (AvgIpc) is 2.24.